The molecule has 24 heavy (non-hydrogen) atoms. The third-order valence-electron chi connectivity index (χ3n) is 2.57. The molecule has 0 aliphatic rings. The molecule has 0 aromatic carbocycles. The first-order valence-corrected chi connectivity index (χ1v) is 6.21. The van der Waals surface area contributed by atoms with Crippen molar-refractivity contribution in [2.75, 3.05) is 0 Å². The van der Waals surface area contributed by atoms with Gasteiger partial charge in [-0.05, 0) is 22.6 Å². The Morgan fingerprint density at radius 1 is 0.458 bits per heavy atom. The maximum absolute atomic E-state index is 12.9. The minimum Gasteiger partial charge on any atom is -0.229 e. The highest BCUT2D eigenvalue weighted by Gasteiger charge is 2.91. The van der Waals surface area contributed by atoms with Crippen LogP contribution in [-0.2, 0) is 0 Å². The van der Waals surface area contributed by atoms with Crippen LogP contribution in [0, 0.1) is 0 Å². The molecule has 0 bridgehead atoms. The lowest BCUT2D eigenvalue weighted by molar-refractivity contribution is -0.433. The Labute approximate surface area is 135 Å². The van der Waals surface area contributed by atoms with E-state index >= 15 is 0 Å². The monoisotopic (exact) mass is 510 g/mol. The lowest BCUT2D eigenvalue weighted by Gasteiger charge is -2.41. The summed E-state index contributed by atoms with van der Waals surface area (Å²) in [5.74, 6) is -45.7. The van der Waals surface area contributed by atoms with Crippen LogP contribution in [0.15, 0.2) is 0 Å². The molecule has 1 atom stereocenters. The first-order chi connectivity index (χ1) is 10.1. The van der Waals surface area contributed by atoms with E-state index in [0.29, 0.717) is 0 Å². The number of hydrogen-bond acceptors (Lipinski definition) is 0. The zero-order valence-electron chi connectivity index (χ0n) is 10.2. The molecule has 0 N–H and O–H groups in total. The molecular formula is C8H2F15I. The van der Waals surface area contributed by atoms with Crippen LogP contribution in [0.5, 0.6) is 0 Å². The number of halogens is 16. The van der Waals surface area contributed by atoms with Gasteiger partial charge in [-0.3, -0.25) is 0 Å². The summed E-state index contributed by atoms with van der Waals surface area (Å²) in [6, 6.07) is 0. The number of rotatable bonds is 7. The Kier molecular flexibility index (Phi) is 6.05. The first kappa shape index (κ1) is 23.7. The molecule has 0 aromatic rings. The summed E-state index contributed by atoms with van der Waals surface area (Å²) in [4.78, 5) is 0. The van der Waals surface area contributed by atoms with E-state index < -0.39 is 46.1 Å². The highest BCUT2D eigenvalue weighted by molar-refractivity contribution is 14.1. The fraction of sp³-hybridized carbons (Fsp3) is 1.00. The van der Waals surface area contributed by atoms with E-state index in [9.17, 15) is 65.9 Å². The smallest absolute Gasteiger partial charge is 0.229 e. The van der Waals surface area contributed by atoms with Gasteiger partial charge in [0.15, 0.2) is 0 Å². The standard InChI is InChI=1S/C8H2F15I/c9-1(10)3(12,13)5(16,17)7(20,21)8(22,23)6(18,19)4(14,15)2(11)24/h1-2H. The van der Waals surface area contributed by atoms with Crippen LogP contribution >= 0.6 is 22.6 Å². The lowest BCUT2D eigenvalue weighted by Crippen LogP contribution is -2.72. The molecule has 16 heteroatoms. The molecule has 0 aliphatic heterocycles. The highest BCUT2D eigenvalue weighted by atomic mass is 127. The van der Waals surface area contributed by atoms with Crippen molar-refractivity contribution in [1.82, 2.24) is 0 Å². The average molecular weight is 510 g/mol. The van der Waals surface area contributed by atoms with E-state index in [2.05, 4.69) is 0 Å². The summed E-state index contributed by atoms with van der Waals surface area (Å²) in [7, 11) is 0. The minimum absolute atomic E-state index is 0.304. The van der Waals surface area contributed by atoms with Gasteiger partial charge in [0, 0.05) is 0 Å². The van der Waals surface area contributed by atoms with Gasteiger partial charge < -0.3 is 0 Å². The van der Waals surface area contributed by atoms with Crippen LogP contribution in [-0.4, -0.2) is 46.1 Å². The van der Waals surface area contributed by atoms with E-state index in [0.717, 1.165) is 0 Å². The van der Waals surface area contributed by atoms with Crippen molar-refractivity contribution in [2.45, 2.75) is 46.1 Å². The summed E-state index contributed by atoms with van der Waals surface area (Å²) in [5, 5.41) is 0. The van der Waals surface area contributed by atoms with Crippen molar-refractivity contribution in [3.8, 4) is 0 Å². The van der Waals surface area contributed by atoms with Crippen molar-refractivity contribution >= 4 is 22.6 Å². The van der Waals surface area contributed by atoms with E-state index in [1.807, 2.05) is 0 Å². The summed E-state index contributed by atoms with van der Waals surface area (Å²) in [6.07, 6.45) is -5.75. The fourth-order valence-electron chi connectivity index (χ4n) is 1.09. The maximum atomic E-state index is 12.9. The first-order valence-electron chi connectivity index (χ1n) is 4.97. The molecule has 0 rings (SSSR count). The molecule has 146 valence electrons. The molecule has 0 nitrogen and oxygen atoms in total. The predicted octanol–water partition coefficient (Wildman–Crippen LogP) is 5.79. The van der Waals surface area contributed by atoms with Crippen LogP contribution in [0.4, 0.5) is 65.9 Å². The zero-order valence-corrected chi connectivity index (χ0v) is 12.4. The van der Waals surface area contributed by atoms with Crippen LogP contribution < -0.4 is 0 Å². The molecular weight excluding hydrogens is 508 g/mol. The molecule has 0 amide bonds. The molecule has 0 aromatic heterocycles. The van der Waals surface area contributed by atoms with Crippen molar-refractivity contribution < 1.29 is 65.9 Å². The third-order valence-corrected chi connectivity index (χ3v) is 3.35. The van der Waals surface area contributed by atoms with E-state index in [-0.39, 0.29) is 22.6 Å². The predicted molar refractivity (Wildman–Crippen MR) is 54.6 cm³/mol. The van der Waals surface area contributed by atoms with Crippen molar-refractivity contribution in [3.05, 3.63) is 0 Å². The third kappa shape index (κ3) is 2.89. The Bertz CT molecular complexity index is 410. The van der Waals surface area contributed by atoms with E-state index in [4.69, 9.17) is 0 Å². The van der Waals surface area contributed by atoms with Crippen LogP contribution in [0.1, 0.15) is 0 Å². The molecule has 0 saturated carbocycles. The topological polar surface area (TPSA) is 0 Å². The van der Waals surface area contributed by atoms with Gasteiger partial charge in [0.1, 0.15) is 0 Å². The molecule has 1 unspecified atom stereocenters. The maximum Gasteiger partial charge on any atom is 0.384 e. The Morgan fingerprint density at radius 3 is 0.917 bits per heavy atom. The van der Waals surface area contributed by atoms with Crippen LogP contribution in [0.25, 0.3) is 0 Å². The Hall–Kier alpha value is -0.320. The van der Waals surface area contributed by atoms with Crippen LogP contribution in [0.2, 0.25) is 0 Å². The Morgan fingerprint density at radius 2 is 0.708 bits per heavy atom. The van der Waals surface area contributed by atoms with Crippen LogP contribution in [0.3, 0.4) is 0 Å². The van der Waals surface area contributed by atoms with Gasteiger partial charge in [0.05, 0.1) is 0 Å². The van der Waals surface area contributed by atoms with Gasteiger partial charge in [0.25, 0.3) is 0 Å². The van der Waals surface area contributed by atoms with Gasteiger partial charge in [0.2, 0.25) is 4.18 Å². The van der Waals surface area contributed by atoms with Gasteiger partial charge in [-0.1, -0.05) is 0 Å². The Balaban J connectivity index is 6.38. The van der Waals surface area contributed by atoms with E-state index in [1.54, 1.807) is 0 Å². The van der Waals surface area contributed by atoms with E-state index in [1.165, 1.54) is 0 Å². The SMILES string of the molecule is FC(F)C(F)(F)C(F)(F)C(F)(F)C(F)(F)C(F)(F)C(F)(F)C(F)I. The summed E-state index contributed by atoms with van der Waals surface area (Å²) >= 11 is -0.304. The molecule has 0 radical (unpaired) electrons. The van der Waals surface area contributed by atoms with Gasteiger partial charge >= 0.3 is 42.0 Å². The van der Waals surface area contributed by atoms with Gasteiger partial charge in [-0.2, -0.15) is 52.7 Å². The average Bonchev–Trinajstić information content (AvgIpc) is 2.36. The highest BCUT2D eigenvalue weighted by Crippen LogP contribution is 2.61. The second-order valence-corrected chi connectivity index (χ2v) is 5.24. The van der Waals surface area contributed by atoms with Crippen molar-refractivity contribution in [2.24, 2.45) is 0 Å². The molecule has 0 fully saturated rings. The summed E-state index contributed by atoms with van der Waals surface area (Å²) in [5.41, 5.74) is 0. The summed E-state index contributed by atoms with van der Waals surface area (Å²) in [6.45, 7) is 0. The summed E-state index contributed by atoms with van der Waals surface area (Å²) < 4.78 is 184. The lowest BCUT2D eigenvalue weighted by atomic mass is 9.92. The molecule has 0 saturated heterocycles. The zero-order chi connectivity index (χ0) is 20.2. The van der Waals surface area contributed by atoms with Crippen molar-refractivity contribution in [3.63, 3.8) is 0 Å². The molecule has 0 aliphatic carbocycles. The number of hydrogen-bond donors (Lipinski definition) is 0. The largest absolute Gasteiger partial charge is 0.384 e. The normalized spacial score (nSPS) is 17.4. The number of alkyl halides is 16. The van der Waals surface area contributed by atoms with Gasteiger partial charge in [-0.25, -0.2) is 13.2 Å². The molecule has 0 heterocycles. The second kappa shape index (κ2) is 6.14. The second-order valence-electron chi connectivity index (χ2n) is 4.14. The fourth-order valence-corrected chi connectivity index (χ4v) is 1.48. The quantitative estimate of drug-likeness (QED) is 0.231. The minimum atomic E-state index is -8.11. The van der Waals surface area contributed by atoms with Gasteiger partial charge in [-0.15, -0.1) is 0 Å². The molecule has 0 spiro atoms. The van der Waals surface area contributed by atoms with Crippen molar-refractivity contribution in [1.29, 1.82) is 0 Å².